The van der Waals surface area contributed by atoms with Gasteiger partial charge in [0.05, 0.1) is 11.2 Å². The van der Waals surface area contributed by atoms with Crippen LogP contribution in [-0.4, -0.2) is 9.55 Å². The summed E-state index contributed by atoms with van der Waals surface area (Å²) in [5.41, 5.74) is 5.65. The second-order valence-electron chi connectivity index (χ2n) is 4.10. The van der Waals surface area contributed by atoms with Crippen LogP contribution in [0.2, 0.25) is 0 Å². The second-order valence-corrected chi connectivity index (χ2v) is 4.96. The summed E-state index contributed by atoms with van der Waals surface area (Å²) in [6.45, 7) is 0. The molecule has 3 aromatic rings. The summed E-state index contributed by atoms with van der Waals surface area (Å²) in [6.07, 6.45) is 0. The molecule has 1 aromatic heterocycles. The minimum absolute atomic E-state index is 0.0167. The van der Waals surface area contributed by atoms with Crippen molar-refractivity contribution in [1.29, 1.82) is 0 Å². The van der Waals surface area contributed by atoms with Gasteiger partial charge < -0.3 is 5.73 Å². The highest BCUT2D eigenvalue weighted by Gasteiger charge is 2.20. The minimum atomic E-state index is -1.12. The average molecular weight is 342 g/mol. The Morgan fingerprint density at radius 2 is 1.80 bits per heavy atom. The molecule has 20 heavy (non-hydrogen) atoms. The number of aromatic nitrogens is 2. The van der Waals surface area contributed by atoms with Gasteiger partial charge >= 0.3 is 0 Å². The molecule has 1 heterocycles. The van der Waals surface area contributed by atoms with Gasteiger partial charge in [0.2, 0.25) is 5.95 Å². The fraction of sp³-hybridized carbons (Fsp3) is 0. The molecule has 0 amide bonds. The van der Waals surface area contributed by atoms with E-state index in [1.807, 2.05) is 0 Å². The Morgan fingerprint density at radius 1 is 1.05 bits per heavy atom. The fourth-order valence-electron chi connectivity index (χ4n) is 2.05. The third-order valence-electron chi connectivity index (χ3n) is 2.90. The zero-order valence-electron chi connectivity index (χ0n) is 9.87. The van der Waals surface area contributed by atoms with Crippen LogP contribution >= 0.6 is 15.9 Å². The Morgan fingerprint density at radius 3 is 2.50 bits per heavy atom. The topological polar surface area (TPSA) is 43.8 Å². The van der Waals surface area contributed by atoms with Crippen molar-refractivity contribution >= 4 is 32.9 Å². The smallest absolute Gasteiger partial charge is 0.206 e. The normalized spacial score (nSPS) is 11.2. The van der Waals surface area contributed by atoms with Crippen molar-refractivity contribution in [2.24, 2.45) is 0 Å². The number of hydrogen-bond acceptors (Lipinski definition) is 2. The molecule has 0 unspecified atom stereocenters. The Bertz CT molecular complexity index is 809. The molecule has 0 aliphatic carbocycles. The molecule has 0 fully saturated rings. The van der Waals surface area contributed by atoms with Crippen molar-refractivity contribution in [3.8, 4) is 5.69 Å². The largest absolute Gasteiger partial charge is 0.369 e. The van der Waals surface area contributed by atoms with Crippen LogP contribution in [0.3, 0.4) is 0 Å². The quantitative estimate of drug-likeness (QED) is 0.731. The first-order valence-electron chi connectivity index (χ1n) is 5.57. The van der Waals surface area contributed by atoms with Gasteiger partial charge in [-0.3, -0.25) is 4.57 Å². The number of para-hydroxylation sites is 1. The van der Waals surface area contributed by atoms with Gasteiger partial charge in [0.15, 0.2) is 11.6 Å². The van der Waals surface area contributed by atoms with E-state index in [9.17, 15) is 13.2 Å². The van der Waals surface area contributed by atoms with Gasteiger partial charge in [-0.2, -0.15) is 0 Å². The Hall–Kier alpha value is -2.02. The number of fused-ring (bicyclic) bond motifs is 1. The molecular weight excluding hydrogens is 335 g/mol. The van der Waals surface area contributed by atoms with Crippen molar-refractivity contribution in [2.45, 2.75) is 0 Å². The first-order chi connectivity index (χ1) is 9.50. The number of hydrogen-bond donors (Lipinski definition) is 1. The molecule has 0 saturated heterocycles. The van der Waals surface area contributed by atoms with E-state index in [2.05, 4.69) is 20.9 Å². The van der Waals surface area contributed by atoms with E-state index in [1.54, 1.807) is 6.07 Å². The zero-order chi connectivity index (χ0) is 14.4. The number of rotatable bonds is 1. The lowest BCUT2D eigenvalue weighted by Gasteiger charge is -2.10. The summed E-state index contributed by atoms with van der Waals surface area (Å²) in [6, 6.07) is 6.48. The number of anilines is 1. The van der Waals surface area contributed by atoms with Crippen LogP contribution < -0.4 is 5.73 Å². The molecule has 3 nitrogen and oxygen atoms in total. The van der Waals surface area contributed by atoms with Crippen molar-refractivity contribution < 1.29 is 13.2 Å². The maximum Gasteiger partial charge on any atom is 0.206 e. The van der Waals surface area contributed by atoms with Crippen LogP contribution in [0, 0.1) is 17.5 Å². The maximum absolute atomic E-state index is 14.0. The number of nitrogen functional groups attached to an aromatic ring is 1. The van der Waals surface area contributed by atoms with Crippen molar-refractivity contribution in [3.63, 3.8) is 0 Å². The molecule has 3 rings (SSSR count). The van der Waals surface area contributed by atoms with Crippen LogP contribution in [0.1, 0.15) is 0 Å². The van der Waals surface area contributed by atoms with E-state index in [4.69, 9.17) is 5.73 Å². The van der Waals surface area contributed by atoms with Gasteiger partial charge in [-0.1, -0.05) is 6.07 Å². The monoisotopic (exact) mass is 341 g/mol. The average Bonchev–Trinajstić information content (AvgIpc) is 2.72. The standard InChI is InChI=1S/C13H7BrF3N3/c14-6-2-1-3-8(16)11(6)20-12-9(19-13(20)18)5-4-7(15)10(12)17/h1-5H,(H2,18,19). The molecule has 0 bridgehead atoms. The Labute approximate surface area is 120 Å². The third-order valence-corrected chi connectivity index (χ3v) is 3.54. The predicted molar refractivity (Wildman–Crippen MR) is 73.1 cm³/mol. The molecule has 2 N–H and O–H groups in total. The third kappa shape index (κ3) is 1.77. The van der Waals surface area contributed by atoms with E-state index < -0.39 is 17.5 Å². The Kier molecular flexibility index (Phi) is 2.93. The molecule has 0 aliphatic heterocycles. The number of imidazole rings is 1. The van der Waals surface area contributed by atoms with Crippen LogP contribution in [0.4, 0.5) is 19.1 Å². The van der Waals surface area contributed by atoms with Crippen LogP contribution in [0.5, 0.6) is 0 Å². The molecule has 0 radical (unpaired) electrons. The highest BCUT2D eigenvalue weighted by molar-refractivity contribution is 9.10. The van der Waals surface area contributed by atoms with Crippen molar-refractivity contribution in [1.82, 2.24) is 9.55 Å². The minimum Gasteiger partial charge on any atom is -0.369 e. The molecule has 0 spiro atoms. The van der Waals surface area contributed by atoms with Crippen LogP contribution in [-0.2, 0) is 0 Å². The Balaban J connectivity index is 2.48. The molecule has 0 atom stereocenters. The second kappa shape index (κ2) is 4.52. The van der Waals surface area contributed by atoms with Gasteiger partial charge in [-0.05, 0) is 40.2 Å². The fourth-order valence-corrected chi connectivity index (χ4v) is 2.57. The van der Waals surface area contributed by atoms with E-state index >= 15 is 0 Å². The van der Waals surface area contributed by atoms with Gasteiger partial charge in [-0.25, -0.2) is 18.2 Å². The van der Waals surface area contributed by atoms with Gasteiger partial charge in [-0.15, -0.1) is 0 Å². The van der Waals surface area contributed by atoms with Gasteiger partial charge in [0.25, 0.3) is 0 Å². The van der Waals surface area contributed by atoms with Crippen LogP contribution in [0.25, 0.3) is 16.7 Å². The zero-order valence-corrected chi connectivity index (χ0v) is 11.5. The van der Waals surface area contributed by atoms with Gasteiger partial charge in [0, 0.05) is 4.47 Å². The van der Waals surface area contributed by atoms with Crippen molar-refractivity contribution in [2.75, 3.05) is 5.73 Å². The van der Waals surface area contributed by atoms with Crippen molar-refractivity contribution in [3.05, 3.63) is 52.3 Å². The highest BCUT2D eigenvalue weighted by Crippen LogP contribution is 2.32. The summed E-state index contributed by atoms with van der Waals surface area (Å²) in [7, 11) is 0. The lowest BCUT2D eigenvalue weighted by Crippen LogP contribution is -2.05. The van der Waals surface area contributed by atoms with E-state index in [0.29, 0.717) is 4.47 Å². The first kappa shape index (κ1) is 13.0. The SMILES string of the molecule is Nc1nc2ccc(F)c(F)c2n1-c1c(F)cccc1Br. The molecule has 102 valence electrons. The summed E-state index contributed by atoms with van der Waals surface area (Å²) >= 11 is 3.17. The molecular formula is C13H7BrF3N3. The van der Waals surface area contributed by atoms with E-state index in [-0.39, 0.29) is 22.7 Å². The maximum atomic E-state index is 14.0. The lowest BCUT2D eigenvalue weighted by molar-refractivity contribution is 0.514. The number of nitrogens with two attached hydrogens (primary N) is 1. The predicted octanol–water partition coefficient (Wildman–Crippen LogP) is 3.79. The summed E-state index contributed by atoms with van der Waals surface area (Å²) in [4.78, 5) is 3.92. The summed E-state index contributed by atoms with van der Waals surface area (Å²) in [5.74, 6) is -2.93. The highest BCUT2D eigenvalue weighted by atomic mass is 79.9. The molecule has 2 aromatic carbocycles. The lowest BCUT2D eigenvalue weighted by atomic mass is 10.2. The van der Waals surface area contributed by atoms with E-state index in [0.717, 1.165) is 10.6 Å². The summed E-state index contributed by atoms with van der Waals surface area (Å²) < 4.78 is 42.8. The van der Waals surface area contributed by atoms with Gasteiger partial charge in [0.1, 0.15) is 11.3 Å². The molecule has 7 heteroatoms. The summed E-state index contributed by atoms with van der Waals surface area (Å²) in [5, 5.41) is 0. The number of benzene rings is 2. The van der Waals surface area contributed by atoms with Crippen LogP contribution in [0.15, 0.2) is 34.8 Å². The molecule has 0 saturated carbocycles. The number of nitrogens with zero attached hydrogens (tertiary/aromatic N) is 2. The first-order valence-corrected chi connectivity index (χ1v) is 6.36. The molecule has 0 aliphatic rings. The van der Waals surface area contributed by atoms with E-state index in [1.165, 1.54) is 18.2 Å². The number of halogens is 4.